The lowest BCUT2D eigenvalue weighted by Gasteiger charge is -2.33. The van der Waals surface area contributed by atoms with Gasteiger partial charge in [-0.25, -0.2) is 8.42 Å². The number of aryl methyl sites for hydroxylation is 2. The van der Waals surface area contributed by atoms with Crippen molar-refractivity contribution in [1.82, 2.24) is 10.2 Å². The normalized spacial score (nSPS) is 12.2. The number of carbonyl (C=O) groups is 2. The molecule has 7 nitrogen and oxygen atoms in total. The summed E-state index contributed by atoms with van der Waals surface area (Å²) in [4.78, 5) is 28.4. The number of nitrogens with zero attached hydrogens (tertiary/aromatic N) is 2. The quantitative estimate of drug-likeness (QED) is 0.347. The molecule has 0 saturated carbocycles. The fourth-order valence-electron chi connectivity index (χ4n) is 4.04. The van der Waals surface area contributed by atoms with Gasteiger partial charge in [-0.2, -0.15) is 0 Å². The molecule has 2 amide bonds. The van der Waals surface area contributed by atoms with Gasteiger partial charge in [-0.3, -0.25) is 13.9 Å². The lowest BCUT2D eigenvalue weighted by molar-refractivity contribution is -0.139. The highest BCUT2D eigenvalue weighted by Gasteiger charge is 2.33. The minimum atomic E-state index is -4.09. The highest BCUT2D eigenvalue weighted by molar-refractivity contribution is 9.10. The molecule has 0 aliphatic heterocycles. The molecule has 0 fully saturated rings. The summed E-state index contributed by atoms with van der Waals surface area (Å²) in [6.45, 7) is 8.70. The first-order valence-corrected chi connectivity index (χ1v) is 14.6. The first kappa shape index (κ1) is 29.4. The summed E-state index contributed by atoms with van der Waals surface area (Å²) in [6, 6.07) is 20.1. The molecule has 3 rings (SSSR count). The molecule has 202 valence electrons. The van der Waals surface area contributed by atoms with Crippen LogP contribution in [0.4, 0.5) is 5.69 Å². The molecule has 1 atom stereocenters. The van der Waals surface area contributed by atoms with Crippen LogP contribution >= 0.6 is 15.9 Å². The maximum atomic E-state index is 14.0. The number of sulfonamides is 1. The van der Waals surface area contributed by atoms with Crippen molar-refractivity contribution in [3.05, 3.63) is 94.0 Å². The maximum Gasteiger partial charge on any atom is 0.264 e. The van der Waals surface area contributed by atoms with Crippen molar-refractivity contribution in [2.45, 2.75) is 58.1 Å². The van der Waals surface area contributed by atoms with Crippen molar-refractivity contribution < 1.29 is 18.0 Å². The van der Waals surface area contributed by atoms with E-state index < -0.39 is 28.5 Å². The fourth-order valence-corrected chi connectivity index (χ4v) is 5.98. The van der Waals surface area contributed by atoms with E-state index in [1.807, 2.05) is 64.1 Å². The van der Waals surface area contributed by atoms with Gasteiger partial charge in [0.15, 0.2) is 0 Å². The van der Waals surface area contributed by atoms with Gasteiger partial charge in [-0.05, 0) is 81.6 Å². The third-order valence-corrected chi connectivity index (χ3v) is 8.35. The highest BCUT2D eigenvalue weighted by atomic mass is 79.9. The Morgan fingerprint density at radius 3 is 2.24 bits per heavy atom. The second-order valence-electron chi connectivity index (χ2n) is 9.61. The standard InChI is InChI=1S/C29H34BrN3O4S/c1-20(2)31-29(35)23(5)32(18-24-10-9-11-25(30)17-24)28(34)19-33(27-16-21(3)14-15-22(27)4)38(36,37)26-12-7-6-8-13-26/h6-17,20,23H,18-19H2,1-5H3,(H,31,35)/t23-/m0/s1. The zero-order valence-corrected chi connectivity index (χ0v) is 24.7. The Balaban J connectivity index is 2.07. The Morgan fingerprint density at radius 2 is 1.61 bits per heavy atom. The fraction of sp³-hybridized carbons (Fsp3) is 0.310. The van der Waals surface area contributed by atoms with Crippen molar-refractivity contribution >= 4 is 43.5 Å². The predicted molar refractivity (Wildman–Crippen MR) is 154 cm³/mol. The Kier molecular flexibility index (Phi) is 9.73. The van der Waals surface area contributed by atoms with E-state index >= 15 is 0 Å². The van der Waals surface area contributed by atoms with Crippen LogP contribution in [0.5, 0.6) is 0 Å². The maximum absolute atomic E-state index is 14.0. The highest BCUT2D eigenvalue weighted by Crippen LogP contribution is 2.28. The number of anilines is 1. The van der Waals surface area contributed by atoms with Crippen LogP contribution in [0.1, 0.15) is 37.5 Å². The van der Waals surface area contributed by atoms with Crippen molar-refractivity contribution in [3.63, 3.8) is 0 Å². The summed E-state index contributed by atoms with van der Waals surface area (Å²) in [6.07, 6.45) is 0. The molecule has 0 heterocycles. The lowest BCUT2D eigenvalue weighted by atomic mass is 10.1. The van der Waals surface area contributed by atoms with Crippen molar-refractivity contribution in [2.75, 3.05) is 10.8 Å². The molecule has 3 aromatic rings. The minimum Gasteiger partial charge on any atom is -0.352 e. The third kappa shape index (κ3) is 7.23. The van der Waals surface area contributed by atoms with Gasteiger partial charge in [-0.1, -0.05) is 58.4 Å². The van der Waals surface area contributed by atoms with Gasteiger partial charge in [0.05, 0.1) is 10.6 Å². The van der Waals surface area contributed by atoms with Crippen LogP contribution in [0.15, 0.2) is 82.2 Å². The number of hydrogen-bond donors (Lipinski definition) is 1. The van der Waals surface area contributed by atoms with Gasteiger partial charge in [-0.15, -0.1) is 0 Å². The average molecular weight is 601 g/mol. The van der Waals surface area contributed by atoms with Crippen LogP contribution in [0.25, 0.3) is 0 Å². The van der Waals surface area contributed by atoms with E-state index in [0.29, 0.717) is 11.3 Å². The Bertz CT molecular complexity index is 1390. The average Bonchev–Trinajstić information content (AvgIpc) is 2.87. The molecule has 0 unspecified atom stereocenters. The number of hydrogen-bond acceptors (Lipinski definition) is 4. The summed E-state index contributed by atoms with van der Waals surface area (Å²) in [5.74, 6) is -0.802. The summed E-state index contributed by atoms with van der Waals surface area (Å²) in [5, 5.41) is 2.86. The molecule has 0 aliphatic carbocycles. The van der Waals surface area contributed by atoms with Gasteiger partial charge < -0.3 is 10.2 Å². The summed E-state index contributed by atoms with van der Waals surface area (Å²) in [5.41, 5.74) is 2.80. The van der Waals surface area contributed by atoms with E-state index in [4.69, 9.17) is 0 Å². The topological polar surface area (TPSA) is 86.8 Å². The van der Waals surface area contributed by atoms with Crippen LogP contribution in [0, 0.1) is 13.8 Å². The second kappa shape index (κ2) is 12.6. The summed E-state index contributed by atoms with van der Waals surface area (Å²) in [7, 11) is -4.09. The summed E-state index contributed by atoms with van der Waals surface area (Å²) < 4.78 is 29.7. The summed E-state index contributed by atoms with van der Waals surface area (Å²) >= 11 is 3.46. The van der Waals surface area contributed by atoms with Gasteiger partial charge >= 0.3 is 0 Å². The van der Waals surface area contributed by atoms with E-state index in [0.717, 1.165) is 19.9 Å². The Labute approximate surface area is 234 Å². The van der Waals surface area contributed by atoms with Crippen LogP contribution < -0.4 is 9.62 Å². The van der Waals surface area contributed by atoms with Crippen LogP contribution in [0.3, 0.4) is 0 Å². The lowest BCUT2D eigenvalue weighted by Crippen LogP contribution is -2.52. The molecule has 3 aromatic carbocycles. The smallest absolute Gasteiger partial charge is 0.264 e. The molecular weight excluding hydrogens is 566 g/mol. The molecule has 0 aromatic heterocycles. The first-order valence-electron chi connectivity index (χ1n) is 12.4. The van der Waals surface area contributed by atoms with Gasteiger partial charge in [0, 0.05) is 17.1 Å². The number of rotatable bonds is 10. The van der Waals surface area contributed by atoms with Crippen molar-refractivity contribution in [2.24, 2.45) is 0 Å². The Morgan fingerprint density at radius 1 is 0.921 bits per heavy atom. The minimum absolute atomic E-state index is 0.0813. The number of nitrogens with one attached hydrogen (secondary N) is 1. The molecule has 0 aliphatic rings. The second-order valence-corrected chi connectivity index (χ2v) is 12.4. The zero-order chi connectivity index (χ0) is 28.0. The number of halogens is 1. The van der Waals surface area contributed by atoms with Crippen LogP contribution in [-0.4, -0.2) is 43.8 Å². The number of amides is 2. The molecule has 0 spiro atoms. The predicted octanol–water partition coefficient (Wildman–Crippen LogP) is 5.20. The SMILES string of the molecule is Cc1ccc(C)c(N(CC(=O)N(Cc2cccc(Br)c2)[C@@H](C)C(=O)NC(C)C)S(=O)(=O)c2ccccc2)c1. The van der Waals surface area contributed by atoms with Crippen molar-refractivity contribution in [3.8, 4) is 0 Å². The van der Waals surface area contributed by atoms with Gasteiger partial charge in [0.1, 0.15) is 12.6 Å². The Hall–Kier alpha value is -3.17. The van der Waals surface area contributed by atoms with E-state index in [2.05, 4.69) is 21.2 Å². The third-order valence-electron chi connectivity index (χ3n) is 6.08. The monoisotopic (exact) mass is 599 g/mol. The molecule has 1 N–H and O–H groups in total. The van der Waals surface area contributed by atoms with E-state index in [-0.39, 0.29) is 23.4 Å². The van der Waals surface area contributed by atoms with E-state index in [1.54, 1.807) is 31.2 Å². The largest absolute Gasteiger partial charge is 0.352 e. The van der Waals surface area contributed by atoms with E-state index in [9.17, 15) is 18.0 Å². The molecule has 0 saturated heterocycles. The van der Waals surface area contributed by atoms with Gasteiger partial charge in [0.25, 0.3) is 10.0 Å². The molecular formula is C29H34BrN3O4S. The zero-order valence-electron chi connectivity index (χ0n) is 22.3. The molecule has 9 heteroatoms. The van der Waals surface area contributed by atoms with E-state index in [1.165, 1.54) is 17.0 Å². The molecule has 0 radical (unpaired) electrons. The van der Waals surface area contributed by atoms with Crippen LogP contribution in [-0.2, 0) is 26.2 Å². The van der Waals surface area contributed by atoms with Gasteiger partial charge in [0.2, 0.25) is 11.8 Å². The molecule has 0 bridgehead atoms. The number of benzene rings is 3. The first-order chi connectivity index (χ1) is 17.9. The molecule has 38 heavy (non-hydrogen) atoms. The number of carbonyl (C=O) groups excluding carboxylic acids is 2. The van der Waals surface area contributed by atoms with Crippen molar-refractivity contribution in [1.29, 1.82) is 0 Å². The van der Waals surface area contributed by atoms with Crippen LogP contribution in [0.2, 0.25) is 0 Å².